The number of hydrogen-bond donors (Lipinski definition) is 4. The van der Waals surface area contributed by atoms with Gasteiger partial charge in [0, 0.05) is 6.42 Å². The number of hydrogen-bond acceptors (Lipinski definition) is 5. The van der Waals surface area contributed by atoms with Crippen molar-refractivity contribution in [3.05, 3.63) is 35.9 Å². The lowest BCUT2D eigenvalue weighted by molar-refractivity contribution is -0.170. The molecule has 0 saturated carbocycles. The van der Waals surface area contributed by atoms with Crippen molar-refractivity contribution in [2.75, 3.05) is 0 Å². The van der Waals surface area contributed by atoms with Crippen LogP contribution in [0.5, 0.6) is 0 Å². The maximum absolute atomic E-state index is 12.6. The van der Waals surface area contributed by atoms with Gasteiger partial charge < -0.3 is 15.9 Å². The van der Waals surface area contributed by atoms with Gasteiger partial charge in [-0.05, 0) is 24.8 Å². The normalized spacial score (nSPS) is 16.2. The number of carbonyl (C=O) groups is 2. The van der Waals surface area contributed by atoms with Crippen LogP contribution in [0.2, 0.25) is 0 Å². The summed E-state index contributed by atoms with van der Waals surface area (Å²) < 4.78 is 0. The molecular formula is C18H28N2O4. The quantitative estimate of drug-likeness (QED) is 0.359. The number of carboxylic acids is 1. The molecule has 0 spiro atoms. The Balaban J connectivity index is 2.77. The van der Waals surface area contributed by atoms with E-state index in [-0.39, 0.29) is 12.8 Å². The SMILES string of the molecule is CCCCC[C@](N)(C(=O)CCCc1ccccc1)[C@](N)(O)C(=O)O. The van der Waals surface area contributed by atoms with Gasteiger partial charge in [-0.2, -0.15) is 0 Å². The van der Waals surface area contributed by atoms with Gasteiger partial charge in [-0.1, -0.05) is 56.5 Å². The number of unbranched alkanes of at least 4 members (excludes halogenated alkanes) is 2. The van der Waals surface area contributed by atoms with Gasteiger partial charge in [0.05, 0.1) is 0 Å². The van der Waals surface area contributed by atoms with E-state index in [4.69, 9.17) is 11.5 Å². The van der Waals surface area contributed by atoms with Crippen molar-refractivity contribution in [2.45, 2.75) is 63.1 Å². The molecule has 1 aromatic rings. The summed E-state index contributed by atoms with van der Waals surface area (Å²) in [7, 11) is 0. The first-order valence-corrected chi connectivity index (χ1v) is 8.36. The molecule has 0 fully saturated rings. The Morgan fingerprint density at radius 3 is 2.25 bits per heavy atom. The number of nitrogens with two attached hydrogens (primary N) is 2. The first-order valence-electron chi connectivity index (χ1n) is 8.36. The zero-order valence-corrected chi connectivity index (χ0v) is 14.2. The van der Waals surface area contributed by atoms with E-state index in [2.05, 4.69) is 0 Å². The second kappa shape index (κ2) is 8.92. The molecule has 2 atom stereocenters. The maximum Gasteiger partial charge on any atom is 0.353 e. The number of aliphatic hydroxyl groups is 1. The number of rotatable bonds is 11. The zero-order chi connectivity index (χ0) is 18.2. The van der Waals surface area contributed by atoms with E-state index >= 15 is 0 Å². The van der Waals surface area contributed by atoms with Crippen LogP contribution in [-0.2, 0) is 16.0 Å². The van der Waals surface area contributed by atoms with Gasteiger partial charge in [-0.3, -0.25) is 10.5 Å². The fourth-order valence-corrected chi connectivity index (χ4v) is 2.71. The van der Waals surface area contributed by atoms with Crippen molar-refractivity contribution in [3.63, 3.8) is 0 Å². The third-order valence-corrected chi connectivity index (χ3v) is 4.39. The van der Waals surface area contributed by atoms with Crippen LogP contribution >= 0.6 is 0 Å². The predicted molar refractivity (Wildman–Crippen MR) is 92.2 cm³/mol. The lowest BCUT2D eigenvalue weighted by Gasteiger charge is -2.37. The minimum atomic E-state index is -2.77. The predicted octanol–water partition coefficient (Wildman–Crippen LogP) is 1.59. The second-order valence-corrected chi connectivity index (χ2v) is 6.26. The van der Waals surface area contributed by atoms with Gasteiger partial charge in [0.15, 0.2) is 5.78 Å². The Morgan fingerprint density at radius 2 is 1.71 bits per heavy atom. The van der Waals surface area contributed by atoms with E-state index in [0.29, 0.717) is 19.3 Å². The van der Waals surface area contributed by atoms with E-state index < -0.39 is 23.0 Å². The highest BCUT2D eigenvalue weighted by atomic mass is 16.4. The lowest BCUT2D eigenvalue weighted by atomic mass is 9.77. The molecule has 1 rings (SSSR count). The van der Waals surface area contributed by atoms with Crippen molar-refractivity contribution >= 4 is 11.8 Å². The van der Waals surface area contributed by atoms with Crippen molar-refractivity contribution in [3.8, 4) is 0 Å². The van der Waals surface area contributed by atoms with Crippen LogP contribution in [-0.4, -0.2) is 33.2 Å². The number of ketones is 1. The minimum absolute atomic E-state index is 0.0459. The third kappa shape index (κ3) is 4.87. The third-order valence-electron chi connectivity index (χ3n) is 4.39. The summed E-state index contributed by atoms with van der Waals surface area (Å²) in [5, 5.41) is 19.3. The summed E-state index contributed by atoms with van der Waals surface area (Å²) in [4.78, 5) is 23.9. The van der Waals surface area contributed by atoms with Gasteiger partial charge >= 0.3 is 5.97 Å². The number of benzene rings is 1. The molecule has 0 aliphatic rings. The van der Waals surface area contributed by atoms with Crippen LogP contribution in [0.25, 0.3) is 0 Å². The molecule has 0 aliphatic heterocycles. The van der Waals surface area contributed by atoms with Crippen LogP contribution in [0, 0.1) is 0 Å². The van der Waals surface area contributed by atoms with Crippen molar-refractivity contribution in [1.29, 1.82) is 0 Å². The summed E-state index contributed by atoms with van der Waals surface area (Å²) >= 11 is 0. The smallest absolute Gasteiger partial charge is 0.353 e. The lowest BCUT2D eigenvalue weighted by Crippen LogP contribution is -2.73. The number of carboxylic acid groups (broad SMARTS) is 1. The second-order valence-electron chi connectivity index (χ2n) is 6.26. The highest BCUT2D eigenvalue weighted by Gasteiger charge is 2.54. The molecule has 0 aromatic heterocycles. The molecule has 0 radical (unpaired) electrons. The standard InChI is InChI=1S/C18H28N2O4/c1-2-3-7-13-17(19,18(20,24)16(22)23)15(21)12-8-11-14-9-5-4-6-10-14/h4-6,9-10,24H,2-3,7-8,11-13,19-20H2,1H3,(H,22,23)/t17-,18+/m0/s1. The van der Waals surface area contributed by atoms with Gasteiger partial charge in [-0.25, -0.2) is 4.79 Å². The Bertz CT molecular complexity index is 545. The molecule has 0 unspecified atom stereocenters. The summed E-state index contributed by atoms with van der Waals surface area (Å²) in [5.41, 5.74) is 7.88. The molecule has 0 bridgehead atoms. The summed E-state index contributed by atoms with van der Waals surface area (Å²) in [6, 6.07) is 9.65. The van der Waals surface area contributed by atoms with Crippen LogP contribution in [0.15, 0.2) is 30.3 Å². The van der Waals surface area contributed by atoms with E-state index in [0.717, 1.165) is 18.4 Å². The van der Waals surface area contributed by atoms with Gasteiger partial charge in [0.2, 0.25) is 5.72 Å². The zero-order valence-electron chi connectivity index (χ0n) is 14.2. The van der Waals surface area contributed by atoms with Crippen LogP contribution < -0.4 is 11.5 Å². The number of carbonyl (C=O) groups excluding carboxylic acids is 1. The molecule has 0 saturated heterocycles. The van der Waals surface area contributed by atoms with E-state index in [1.807, 2.05) is 37.3 Å². The minimum Gasteiger partial charge on any atom is -0.478 e. The molecule has 1 aromatic carbocycles. The van der Waals surface area contributed by atoms with Gasteiger partial charge in [0.1, 0.15) is 5.54 Å². The average molecular weight is 336 g/mol. The maximum atomic E-state index is 12.6. The molecule has 0 amide bonds. The van der Waals surface area contributed by atoms with Crippen LogP contribution in [0.3, 0.4) is 0 Å². The summed E-state index contributed by atoms with van der Waals surface area (Å²) in [6.45, 7) is 1.98. The topological polar surface area (TPSA) is 127 Å². The van der Waals surface area contributed by atoms with Crippen molar-refractivity contribution in [1.82, 2.24) is 0 Å². The molecular weight excluding hydrogens is 308 g/mol. The summed E-state index contributed by atoms with van der Waals surface area (Å²) in [5.74, 6) is -2.19. The highest BCUT2D eigenvalue weighted by Crippen LogP contribution is 2.26. The first-order chi connectivity index (χ1) is 11.3. The Hall–Kier alpha value is -1.76. The Labute approximate surface area is 142 Å². The van der Waals surface area contributed by atoms with Gasteiger partial charge in [0.25, 0.3) is 0 Å². The van der Waals surface area contributed by atoms with Gasteiger partial charge in [-0.15, -0.1) is 0 Å². The average Bonchev–Trinajstić information content (AvgIpc) is 2.55. The van der Waals surface area contributed by atoms with Crippen LogP contribution in [0.4, 0.5) is 0 Å². The largest absolute Gasteiger partial charge is 0.478 e. The van der Waals surface area contributed by atoms with E-state index in [1.165, 1.54) is 0 Å². The number of Topliss-reactive ketones (excluding diaryl/α,β-unsaturated/α-hetero) is 1. The number of aliphatic carboxylic acids is 1. The molecule has 0 aliphatic carbocycles. The number of aryl methyl sites for hydroxylation is 1. The molecule has 6 heteroatoms. The summed E-state index contributed by atoms with van der Waals surface area (Å²) in [6.07, 6.45) is 3.51. The molecule has 24 heavy (non-hydrogen) atoms. The van der Waals surface area contributed by atoms with Crippen molar-refractivity contribution < 1.29 is 19.8 Å². The molecule has 6 nitrogen and oxygen atoms in total. The monoisotopic (exact) mass is 336 g/mol. The highest BCUT2D eigenvalue weighted by molar-refractivity contribution is 5.96. The van der Waals surface area contributed by atoms with Crippen molar-refractivity contribution in [2.24, 2.45) is 11.5 Å². The molecule has 0 heterocycles. The van der Waals surface area contributed by atoms with E-state index in [9.17, 15) is 19.8 Å². The fourth-order valence-electron chi connectivity index (χ4n) is 2.71. The Kier molecular flexibility index (Phi) is 7.54. The molecule has 134 valence electrons. The van der Waals surface area contributed by atoms with Crippen LogP contribution in [0.1, 0.15) is 51.0 Å². The van der Waals surface area contributed by atoms with E-state index in [1.54, 1.807) is 0 Å². The molecule has 6 N–H and O–H groups in total. The fraction of sp³-hybridized carbons (Fsp3) is 0.556. The first kappa shape index (κ1) is 20.3. The Morgan fingerprint density at radius 1 is 1.08 bits per heavy atom.